The molecule has 0 aliphatic carbocycles. The number of nitrogens with one attached hydrogen (secondary N) is 3. The van der Waals surface area contributed by atoms with Gasteiger partial charge in [-0.15, -0.1) is 0 Å². The third-order valence-electron chi connectivity index (χ3n) is 4.09. The van der Waals surface area contributed by atoms with E-state index >= 15 is 0 Å². The van der Waals surface area contributed by atoms with Crippen LogP contribution in [0.3, 0.4) is 0 Å². The number of anilines is 1. The Labute approximate surface area is 171 Å². The van der Waals surface area contributed by atoms with Crippen molar-refractivity contribution in [3.05, 3.63) is 70.5 Å². The summed E-state index contributed by atoms with van der Waals surface area (Å²) in [6.45, 7) is 2.60. The third kappa shape index (κ3) is 4.69. The highest BCUT2D eigenvalue weighted by Crippen LogP contribution is 2.19. The van der Waals surface area contributed by atoms with E-state index in [0.717, 1.165) is 6.07 Å². The van der Waals surface area contributed by atoms with E-state index in [2.05, 4.69) is 20.2 Å². The fourth-order valence-electron chi connectivity index (χ4n) is 2.62. The van der Waals surface area contributed by atoms with E-state index in [0.29, 0.717) is 17.1 Å². The molecule has 0 aliphatic heterocycles. The lowest BCUT2D eigenvalue weighted by atomic mass is 10.2. The summed E-state index contributed by atoms with van der Waals surface area (Å²) < 4.78 is 43.2. The van der Waals surface area contributed by atoms with Crippen LogP contribution in [-0.4, -0.2) is 29.1 Å². The summed E-state index contributed by atoms with van der Waals surface area (Å²) >= 11 is 5.10. The van der Waals surface area contributed by atoms with Crippen LogP contribution in [-0.2, 0) is 23.1 Å². The van der Waals surface area contributed by atoms with E-state index in [1.807, 2.05) is 6.92 Å². The number of rotatable bonds is 7. The van der Waals surface area contributed by atoms with Crippen molar-refractivity contribution in [1.82, 2.24) is 20.1 Å². The average Bonchev–Trinajstić information content (AvgIpc) is 3.07. The zero-order valence-corrected chi connectivity index (χ0v) is 17.0. The maximum absolute atomic E-state index is 13.8. The largest absolute Gasteiger partial charge is 0.345 e. The highest BCUT2D eigenvalue weighted by molar-refractivity contribution is 7.92. The van der Waals surface area contributed by atoms with E-state index in [-0.39, 0.29) is 22.7 Å². The van der Waals surface area contributed by atoms with Crippen molar-refractivity contribution in [2.45, 2.75) is 24.9 Å². The molecule has 152 valence electrons. The Morgan fingerprint density at radius 3 is 2.72 bits per heavy atom. The molecule has 0 radical (unpaired) electrons. The number of benzene rings is 2. The molecule has 11 heteroatoms. The molecule has 0 bridgehead atoms. The monoisotopic (exact) mass is 435 g/mol. The molecule has 0 fully saturated rings. The molecule has 1 aromatic heterocycles. The zero-order valence-electron chi connectivity index (χ0n) is 15.3. The van der Waals surface area contributed by atoms with Crippen molar-refractivity contribution in [1.29, 1.82) is 0 Å². The van der Waals surface area contributed by atoms with Crippen LogP contribution < -0.4 is 10.0 Å². The van der Waals surface area contributed by atoms with Crippen molar-refractivity contribution in [2.24, 2.45) is 0 Å². The van der Waals surface area contributed by atoms with E-state index in [9.17, 15) is 17.6 Å². The van der Waals surface area contributed by atoms with Gasteiger partial charge >= 0.3 is 0 Å². The van der Waals surface area contributed by atoms with Gasteiger partial charge in [-0.1, -0.05) is 18.2 Å². The van der Waals surface area contributed by atoms with E-state index in [1.54, 1.807) is 4.57 Å². The molecular formula is C18H18FN5O3S2. The van der Waals surface area contributed by atoms with Gasteiger partial charge in [0.1, 0.15) is 5.82 Å². The fourth-order valence-corrected chi connectivity index (χ4v) is 4.02. The lowest BCUT2D eigenvalue weighted by Crippen LogP contribution is -2.25. The number of nitrogens with zero attached hydrogens (tertiary/aromatic N) is 2. The van der Waals surface area contributed by atoms with Gasteiger partial charge in [0.2, 0.25) is 0 Å². The molecule has 3 N–H and O–H groups in total. The first kappa shape index (κ1) is 20.7. The predicted octanol–water partition coefficient (Wildman–Crippen LogP) is 2.83. The van der Waals surface area contributed by atoms with Gasteiger partial charge in [0.15, 0.2) is 10.6 Å². The Bertz CT molecular complexity index is 1200. The minimum Gasteiger partial charge on any atom is -0.345 e. The molecule has 8 nitrogen and oxygen atoms in total. The molecule has 1 heterocycles. The number of hydrogen-bond donors (Lipinski definition) is 3. The Morgan fingerprint density at radius 2 is 2.00 bits per heavy atom. The van der Waals surface area contributed by atoms with Crippen LogP contribution in [0.1, 0.15) is 23.1 Å². The standard InChI is InChI=1S/C18H18FN5O3S2/c1-2-24-16(21-22-18(24)28)11-20-17(25)12-6-5-7-13(10-12)29(26,27)23-15-9-4-3-8-14(15)19/h3-10,23H,2,11H2,1H3,(H,20,25)(H,22,28). The topological polar surface area (TPSA) is 109 Å². The van der Waals surface area contributed by atoms with Crippen molar-refractivity contribution in [3.63, 3.8) is 0 Å². The highest BCUT2D eigenvalue weighted by atomic mass is 32.2. The van der Waals surface area contributed by atoms with Gasteiger partial charge in [0, 0.05) is 12.1 Å². The number of carbonyl (C=O) groups excluding carboxylic acids is 1. The molecule has 0 atom stereocenters. The van der Waals surface area contributed by atoms with Crippen molar-refractivity contribution < 1.29 is 17.6 Å². The highest BCUT2D eigenvalue weighted by Gasteiger charge is 2.18. The number of aromatic nitrogens is 3. The second-order valence-corrected chi connectivity index (χ2v) is 8.05. The van der Waals surface area contributed by atoms with Crippen LogP contribution >= 0.6 is 12.2 Å². The van der Waals surface area contributed by atoms with Crippen molar-refractivity contribution in [2.75, 3.05) is 4.72 Å². The van der Waals surface area contributed by atoms with Crippen LogP contribution in [0.15, 0.2) is 53.4 Å². The second kappa shape index (κ2) is 8.53. The Kier molecular flexibility index (Phi) is 6.09. The summed E-state index contributed by atoms with van der Waals surface area (Å²) in [6, 6.07) is 10.9. The first-order chi connectivity index (χ1) is 13.8. The summed E-state index contributed by atoms with van der Waals surface area (Å²) in [7, 11) is -4.07. The molecule has 0 saturated heterocycles. The molecule has 29 heavy (non-hydrogen) atoms. The molecular weight excluding hydrogens is 417 g/mol. The predicted molar refractivity (Wildman–Crippen MR) is 108 cm³/mol. The van der Waals surface area contributed by atoms with Crippen LogP contribution in [0.25, 0.3) is 0 Å². The smallest absolute Gasteiger partial charge is 0.262 e. The number of aromatic amines is 1. The number of H-pyrrole nitrogens is 1. The maximum Gasteiger partial charge on any atom is 0.262 e. The van der Waals surface area contributed by atoms with Gasteiger partial charge in [0.25, 0.3) is 15.9 Å². The Hall–Kier alpha value is -3.05. The van der Waals surface area contributed by atoms with Crippen LogP contribution in [0.4, 0.5) is 10.1 Å². The van der Waals surface area contributed by atoms with Gasteiger partial charge < -0.3 is 9.88 Å². The fraction of sp³-hybridized carbons (Fsp3) is 0.167. The molecule has 2 aromatic carbocycles. The molecule has 3 aromatic rings. The summed E-state index contributed by atoms with van der Waals surface area (Å²) in [5.74, 6) is -0.630. The van der Waals surface area contributed by atoms with Crippen molar-refractivity contribution in [3.8, 4) is 0 Å². The number of carbonyl (C=O) groups is 1. The Balaban J connectivity index is 1.77. The first-order valence-corrected chi connectivity index (χ1v) is 10.5. The number of para-hydroxylation sites is 1. The summed E-state index contributed by atoms with van der Waals surface area (Å²) in [5.41, 5.74) is -0.0386. The van der Waals surface area contributed by atoms with Gasteiger partial charge in [0.05, 0.1) is 17.1 Å². The zero-order chi connectivity index (χ0) is 21.0. The number of amides is 1. The lowest BCUT2D eigenvalue weighted by molar-refractivity contribution is 0.0949. The minimum absolute atomic E-state index is 0.115. The van der Waals surface area contributed by atoms with Gasteiger partial charge in [-0.2, -0.15) is 5.10 Å². The molecule has 0 spiro atoms. The van der Waals surface area contributed by atoms with Crippen LogP contribution in [0, 0.1) is 10.6 Å². The lowest BCUT2D eigenvalue weighted by Gasteiger charge is -2.10. The van der Waals surface area contributed by atoms with Gasteiger partial charge in [-0.3, -0.25) is 14.6 Å². The SMILES string of the molecule is CCn1c(CNC(=O)c2cccc(S(=O)(=O)Nc3ccccc3F)c2)n[nH]c1=S. The minimum atomic E-state index is -4.07. The maximum atomic E-state index is 13.8. The quantitative estimate of drug-likeness (QED) is 0.495. The van der Waals surface area contributed by atoms with E-state index in [4.69, 9.17) is 12.2 Å². The van der Waals surface area contributed by atoms with Crippen molar-refractivity contribution >= 4 is 33.8 Å². The second-order valence-electron chi connectivity index (χ2n) is 5.99. The van der Waals surface area contributed by atoms with E-state index < -0.39 is 21.7 Å². The molecule has 1 amide bonds. The number of halogens is 1. The average molecular weight is 436 g/mol. The molecule has 3 rings (SSSR count). The number of hydrogen-bond acceptors (Lipinski definition) is 5. The van der Waals surface area contributed by atoms with Crippen LogP contribution in [0.2, 0.25) is 0 Å². The first-order valence-electron chi connectivity index (χ1n) is 8.61. The summed E-state index contributed by atoms with van der Waals surface area (Å²) in [5, 5.41) is 9.39. The molecule has 0 aliphatic rings. The van der Waals surface area contributed by atoms with E-state index in [1.165, 1.54) is 42.5 Å². The summed E-state index contributed by atoms with van der Waals surface area (Å²) in [4.78, 5) is 12.3. The van der Waals surface area contributed by atoms with Gasteiger partial charge in [-0.25, -0.2) is 12.8 Å². The molecule has 0 saturated carbocycles. The number of sulfonamides is 1. The van der Waals surface area contributed by atoms with Crippen LogP contribution in [0.5, 0.6) is 0 Å². The normalized spacial score (nSPS) is 11.2. The Morgan fingerprint density at radius 1 is 1.24 bits per heavy atom. The molecule has 0 unspecified atom stereocenters. The summed E-state index contributed by atoms with van der Waals surface area (Å²) in [6.07, 6.45) is 0. The van der Waals surface area contributed by atoms with Gasteiger partial charge in [-0.05, 0) is 49.5 Å². The third-order valence-corrected chi connectivity index (χ3v) is 5.76.